The zero-order valence-electron chi connectivity index (χ0n) is 32.1. The number of hydrogen-bond acceptors (Lipinski definition) is 2. The number of imidazole rings is 1. The predicted octanol–water partition coefficient (Wildman–Crippen LogP) is 12.7. The molecule has 274 valence electrons. The molecule has 0 unspecified atom stereocenters. The molecule has 0 spiro atoms. The Morgan fingerprint density at radius 1 is 0.390 bits per heavy atom. The summed E-state index contributed by atoms with van der Waals surface area (Å²) in [5, 5.41) is 7.47. The third-order valence-corrected chi connectivity index (χ3v) is 13.2. The van der Waals surface area contributed by atoms with Crippen LogP contribution in [0, 0.1) is 0 Å². The molecule has 9 aromatic carbocycles. The van der Waals surface area contributed by atoms with E-state index in [-0.39, 0.29) is 6.71 Å². The minimum absolute atomic E-state index is 0.128. The Bertz CT molecular complexity index is 3520. The second-order valence-electron chi connectivity index (χ2n) is 15.6. The minimum Gasteiger partial charge on any atom is -0.291 e. The van der Waals surface area contributed by atoms with Crippen molar-refractivity contribution in [1.29, 1.82) is 0 Å². The molecule has 0 atom stereocenters. The summed E-state index contributed by atoms with van der Waals surface area (Å²) in [5.74, 6) is 0. The van der Waals surface area contributed by atoms with Gasteiger partial charge in [-0.15, -0.1) is 11.3 Å². The van der Waals surface area contributed by atoms with Gasteiger partial charge in [-0.25, -0.2) is 4.98 Å². The first-order valence-electron chi connectivity index (χ1n) is 20.2. The second kappa shape index (κ2) is 13.7. The van der Waals surface area contributed by atoms with Crippen LogP contribution in [-0.4, -0.2) is 16.1 Å². The van der Waals surface area contributed by atoms with E-state index in [9.17, 15) is 0 Å². The van der Waals surface area contributed by atoms with Crippen molar-refractivity contribution >= 4 is 92.8 Å². The highest BCUT2D eigenvalue weighted by atomic mass is 32.1. The van der Waals surface area contributed by atoms with E-state index in [1.165, 1.54) is 80.4 Å². The van der Waals surface area contributed by atoms with Crippen LogP contribution in [0.2, 0.25) is 0 Å². The third-order valence-electron chi connectivity index (χ3n) is 12.1. The molecule has 12 rings (SSSR count). The van der Waals surface area contributed by atoms with Gasteiger partial charge < -0.3 is 0 Å². The van der Waals surface area contributed by atoms with Crippen molar-refractivity contribution in [3.8, 4) is 33.5 Å². The maximum atomic E-state index is 5.37. The lowest BCUT2D eigenvalue weighted by Crippen LogP contribution is -2.51. The smallest absolute Gasteiger partial charge is 0.241 e. The largest absolute Gasteiger partial charge is 0.291 e. The van der Waals surface area contributed by atoms with Crippen molar-refractivity contribution in [1.82, 2.24) is 9.38 Å². The molecule has 0 saturated carbocycles. The highest BCUT2D eigenvalue weighted by molar-refractivity contribution is 7.26. The van der Waals surface area contributed by atoms with E-state index >= 15 is 0 Å². The second-order valence-corrected chi connectivity index (χ2v) is 16.6. The molecule has 0 bridgehead atoms. The van der Waals surface area contributed by atoms with Gasteiger partial charge >= 0.3 is 0 Å². The predicted molar refractivity (Wildman–Crippen MR) is 254 cm³/mol. The summed E-state index contributed by atoms with van der Waals surface area (Å²) in [6.07, 6.45) is 0. The van der Waals surface area contributed by atoms with Crippen molar-refractivity contribution in [3.05, 3.63) is 212 Å². The van der Waals surface area contributed by atoms with Crippen LogP contribution < -0.4 is 16.4 Å². The number of rotatable bonds is 6. The molecule has 0 radical (unpaired) electrons. The summed E-state index contributed by atoms with van der Waals surface area (Å²) in [6.45, 7) is 0.128. The number of aromatic nitrogens is 2. The molecule has 3 aromatic heterocycles. The Morgan fingerprint density at radius 3 is 1.49 bits per heavy atom. The van der Waals surface area contributed by atoms with Gasteiger partial charge in [0.25, 0.3) is 0 Å². The van der Waals surface area contributed by atoms with Gasteiger partial charge in [-0.3, -0.25) is 4.40 Å². The lowest BCUT2D eigenvalue weighted by molar-refractivity contribution is 1.25. The summed E-state index contributed by atoms with van der Waals surface area (Å²) in [4.78, 5) is 5.37. The van der Waals surface area contributed by atoms with E-state index in [1.807, 2.05) is 11.3 Å². The maximum Gasteiger partial charge on any atom is 0.241 e. The van der Waals surface area contributed by atoms with E-state index in [0.29, 0.717) is 0 Å². The molecular formula is C55H35BN2S. The maximum absolute atomic E-state index is 5.37. The van der Waals surface area contributed by atoms with Crippen LogP contribution in [0.25, 0.3) is 91.9 Å². The quantitative estimate of drug-likeness (QED) is 0.154. The molecule has 0 aliphatic carbocycles. The van der Waals surface area contributed by atoms with Gasteiger partial charge in [-0.1, -0.05) is 198 Å². The van der Waals surface area contributed by atoms with E-state index in [0.717, 1.165) is 27.9 Å². The first kappa shape index (κ1) is 33.8. The fourth-order valence-electron chi connectivity index (χ4n) is 9.11. The van der Waals surface area contributed by atoms with Crippen LogP contribution in [0.15, 0.2) is 212 Å². The van der Waals surface area contributed by atoms with Crippen molar-refractivity contribution in [2.75, 3.05) is 0 Å². The van der Waals surface area contributed by atoms with Crippen molar-refractivity contribution in [2.24, 2.45) is 0 Å². The fraction of sp³-hybridized carbons (Fsp3) is 0. The molecule has 4 heteroatoms. The number of nitrogens with zero attached hydrogens (tertiary/aromatic N) is 2. The van der Waals surface area contributed by atoms with Crippen LogP contribution in [-0.2, 0) is 0 Å². The van der Waals surface area contributed by atoms with Gasteiger partial charge in [-0.2, -0.15) is 0 Å². The van der Waals surface area contributed by atoms with Gasteiger partial charge in [0.1, 0.15) is 0 Å². The Hall–Kier alpha value is -7.27. The molecule has 0 aliphatic heterocycles. The fourth-order valence-corrected chi connectivity index (χ4v) is 10.3. The Labute approximate surface area is 346 Å². The first-order valence-corrected chi connectivity index (χ1v) is 21.0. The Kier molecular flexibility index (Phi) is 7.85. The molecule has 12 aromatic rings. The molecular weight excluding hydrogens is 731 g/mol. The molecule has 0 saturated heterocycles. The van der Waals surface area contributed by atoms with E-state index in [1.54, 1.807) is 0 Å². The number of hydrogen-bond donors (Lipinski definition) is 0. The van der Waals surface area contributed by atoms with Gasteiger partial charge in [0.15, 0.2) is 5.65 Å². The average Bonchev–Trinajstić information content (AvgIpc) is 3.86. The van der Waals surface area contributed by atoms with Crippen LogP contribution in [0.3, 0.4) is 0 Å². The summed E-state index contributed by atoms with van der Waals surface area (Å²) >= 11 is 1.85. The van der Waals surface area contributed by atoms with Crippen molar-refractivity contribution < 1.29 is 0 Å². The highest BCUT2D eigenvalue weighted by Gasteiger charge is 2.22. The molecule has 0 aliphatic rings. The Morgan fingerprint density at radius 2 is 0.864 bits per heavy atom. The Balaban J connectivity index is 0.952. The average molecular weight is 767 g/mol. The highest BCUT2D eigenvalue weighted by Crippen LogP contribution is 2.42. The van der Waals surface area contributed by atoms with Crippen LogP contribution in [0.1, 0.15) is 0 Å². The van der Waals surface area contributed by atoms with Gasteiger partial charge in [0.2, 0.25) is 6.71 Å². The van der Waals surface area contributed by atoms with E-state index < -0.39 is 0 Å². The third kappa shape index (κ3) is 5.75. The number of thiophene rings is 1. The normalized spacial score (nSPS) is 11.7. The lowest BCUT2D eigenvalue weighted by Gasteiger charge is -2.17. The van der Waals surface area contributed by atoms with Gasteiger partial charge in [-0.05, 0) is 79.7 Å². The van der Waals surface area contributed by atoms with Crippen LogP contribution in [0.5, 0.6) is 0 Å². The lowest BCUT2D eigenvalue weighted by atomic mass is 9.37. The molecule has 3 heterocycles. The summed E-state index contributed by atoms with van der Waals surface area (Å²) < 4.78 is 4.89. The monoisotopic (exact) mass is 766 g/mol. The van der Waals surface area contributed by atoms with Crippen molar-refractivity contribution in [3.63, 3.8) is 0 Å². The standard InChI is InChI=1S/C55H35BN2S/c1-3-11-36(12-4-1)38-23-27-46(28-24-38)56(45-17-5-2-6-18-45)47-29-25-39(26-30-47)37-19-21-40(22-20-37)51-35-49-48-31-41-13-7-10-16-44(41)34-53(48)59-54(49)55-57-50-32-42-14-8-9-15-43(42)33-52(50)58(51)55/h1-35H. The molecule has 0 fully saturated rings. The molecule has 2 nitrogen and oxygen atoms in total. The number of benzene rings is 9. The van der Waals surface area contributed by atoms with Gasteiger partial charge in [0, 0.05) is 15.5 Å². The zero-order chi connectivity index (χ0) is 38.9. The first-order chi connectivity index (χ1) is 29.2. The van der Waals surface area contributed by atoms with E-state index in [4.69, 9.17) is 4.98 Å². The van der Waals surface area contributed by atoms with Crippen LogP contribution >= 0.6 is 11.3 Å². The topological polar surface area (TPSA) is 17.3 Å². The summed E-state index contributed by atoms with van der Waals surface area (Å²) in [5.41, 5.74) is 14.1. The van der Waals surface area contributed by atoms with Crippen LogP contribution in [0.4, 0.5) is 0 Å². The number of pyridine rings is 1. The van der Waals surface area contributed by atoms with Crippen molar-refractivity contribution in [2.45, 2.75) is 0 Å². The summed E-state index contributed by atoms with van der Waals surface area (Å²) in [6, 6.07) is 77.7. The zero-order valence-corrected chi connectivity index (χ0v) is 32.9. The van der Waals surface area contributed by atoms with Gasteiger partial charge in [0.05, 0.1) is 21.4 Å². The number of fused-ring (bicyclic) bond motifs is 9. The summed E-state index contributed by atoms with van der Waals surface area (Å²) in [7, 11) is 0. The molecule has 0 N–H and O–H groups in total. The molecule has 0 amide bonds. The molecule has 59 heavy (non-hydrogen) atoms. The SMILES string of the molecule is c1ccc(B(c2ccc(-c3ccccc3)cc2)c2ccc(-c3ccc(-c4cc5c6cc7ccccc7cc6sc5c5nc6cc7ccccc7cc6n45)cc3)cc2)cc1. The minimum atomic E-state index is 0.128. The van der Waals surface area contributed by atoms with E-state index in [2.05, 4.69) is 217 Å².